The van der Waals surface area contributed by atoms with Crippen LogP contribution in [0.25, 0.3) is 0 Å². The zero-order valence-electron chi connectivity index (χ0n) is 10.2. The Bertz CT molecular complexity index is 474. The van der Waals surface area contributed by atoms with Crippen LogP contribution in [-0.2, 0) is 0 Å². The molecule has 6 heteroatoms. The van der Waals surface area contributed by atoms with E-state index in [1.54, 1.807) is 43.8 Å². The summed E-state index contributed by atoms with van der Waals surface area (Å²) in [6.45, 7) is 3.07. The van der Waals surface area contributed by atoms with E-state index in [1.165, 1.54) is 6.92 Å². The Labute approximate surface area is 105 Å². The number of hydrogen-bond donors (Lipinski definition) is 1. The van der Waals surface area contributed by atoms with Crippen LogP contribution in [0.2, 0.25) is 0 Å². The van der Waals surface area contributed by atoms with Crippen LogP contribution < -0.4 is 0 Å². The molecule has 0 aliphatic rings. The highest BCUT2D eigenvalue weighted by molar-refractivity contribution is 5.89. The largest absolute Gasteiger partial charge is 0.385 e. The summed E-state index contributed by atoms with van der Waals surface area (Å²) >= 11 is 0. The lowest BCUT2D eigenvalue weighted by Gasteiger charge is -1.98. The second kappa shape index (κ2) is 7.18. The van der Waals surface area contributed by atoms with Crippen molar-refractivity contribution in [2.45, 2.75) is 20.0 Å². The van der Waals surface area contributed by atoms with Gasteiger partial charge < -0.3 is 5.11 Å². The topological polar surface area (TPSA) is 88.9 Å². The molecule has 0 aliphatic heterocycles. The van der Waals surface area contributed by atoms with Crippen LogP contribution in [0.3, 0.4) is 0 Å². The summed E-state index contributed by atoms with van der Waals surface area (Å²) in [4.78, 5) is 25.6. The molecule has 0 aliphatic carbocycles. The highest BCUT2D eigenvalue weighted by Crippen LogP contribution is 2.01. The van der Waals surface area contributed by atoms with Gasteiger partial charge in [-0.2, -0.15) is 0 Å². The lowest BCUT2D eigenvalue weighted by atomic mass is 10.4. The molecule has 1 atom stereocenters. The first-order valence-electron chi connectivity index (χ1n) is 5.34. The lowest BCUT2D eigenvalue weighted by Crippen LogP contribution is -1.98. The van der Waals surface area contributed by atoms with E-state index in [1.807, 2.05) is 0 Å². The predicted octanol–water partition coefficient (Wildman–Crippen LogP) is 1.21. The monoisotopic (exact) mass is 246 g/mol. The fourth-order valence-corrected chi connectivity index (χ4v) is 1.01. The van der Waals surface area contributed by atoms with E-state index in [-0.39, 0.29) is 11.6 Å². The standard InChI is InChI=1S/C6H8N2O.C6H6N2O/c2*1-5(9)6-7-3-2-4-8-6/h2-5,9H,1H3;2-4H,1H3. The van der Waals surface area contributed by atoms with Gasteiger partial charge in [-0.15, -0.1) is 0 Å². The summed E-state index contributed by atoms with van der Waals surface area (Å²) in [6, 6.07) is 3.39. The van der Waals surface area contributed by atoms with E-state index in [9.17, 15) is 4.79 Å². The van der Waals surface area contributed by atoms with Crippen LogP contribution in [0.15, 0.2) is 36.9 Å². The summed E-state index contributed by atoms with van der Waals surface area (Å²) in [5.74, 6) is 0.644. The van der Waals surface area contributed by atoms with Gasteiger partial charge in [0, 0.05) is 31.7 Å². The van der Waals surface area contributed by atoms with E-state index in [2.05, 4.69) is 19.9 Å². The van der Waals surface area contributed by atoms with Gasteiger partial charge in [-0.3, -0.25) is 4.79 Å². The van der Waals surface area contributed by atoms with Crippen LogP contribution in [0.4, 0.5) is 0 Å². The van der Waals surface area contributed by atoms with Crippen molar-refractivity contribution in [1.29, 1.82) is 0 Å². The van der Waals surface area contributed by atoms with Gasteiger partial charge in [0.25, 0.3) is 0 Å². The maximum absolute atomic E-state index is 10.5. The lowest BCUT2D eigenvalue weighted by molar-refractivity contribution is 0.100. The van der Waals surface area contributed by atoms with E-state index >= 15 is 0 Å². The third-order valence-corrected chi connectivity index (χ3v) is 1.84. The Morgan fingerprint density at radius 1 is 1.06 bits per heavy atom. The minimum atomic E-state index is -0.564. The average molecular weight is 246 g/mol. The molecule has 6 nitrogen and oxygen atoms in total. The number of nitrogens with zero attached hydrogens (tertiary/aromatic N) is 4. The highest BCUT2D eigenvalue weighted by Gasteiger charge is 1.99. The van der Waals surface area contributed by atoms with Crippen molar-refractivity contribution in [2.24, 2.45) is 0 Å². The van der Waals surface area contributed by atoms with E-state index in [4.69, 9.17) is 5.11 Å². The number of aliphatic hydroxyl groups is 1. The number of aromatic nitrogens is 4. The van der Waals surface area contributed by atoms with E-state index < -0.39 is 6.10 Å². The summed E-state index contributed by atoms with van der Waals surface area (Å²) in [5.41, 5.74) is 0. The summed E-state index contributed by atoms with van der Waals surface area (Å²) in [6.07, 6.45) is 5.74. The van der Waals surface area contributed by atoms with Crippen molar-refractivity contribution in [3.05, 3.63) is 48.6 Å². The molecule has 94 valence electrons. The predicted molar refractivity (Wildman–Crippen MR) is 64.7 cm³/mol. The minimum absolute atomic E-state index is 0.101. The van der Waals surface area contributed by atoms with Crippen molar-refractivity contribution in [3.63, 3.8) is 0 Å². The molecule has 0 saturated carbocycles. The number of carbonyl (C=O) groups is 1. The Morgan fingerprint density at radius 2 is 1.50 bits per heavy atom. The average Bonchev–Trinajstić information content (AvgIpc) is 2.41. The molecule has 1 unspecified atom stereocenters. The number of carbonyl (C=O) groups excluding carboxylic acids is 1. The van der Waals surface area contributed by atoms with Gasteiger partial charge in [-0.05, 0) is 19.1 Å². The molecule has 2 rings (SSSR count). The molecule has 0 aromatic carbocycles. The van der Waals surface area contributed by atoms with Crippen molar-refractivity contribution < 1.29 is 9.90 Å². The number of hydrogen-bond acceptors (Lipinski definition) is 6. The number of rotatable bonds is 2. The number of aliphatic hydroxyl groups excluding tert-OH is 1. The van der Waals surface area contributed by atoms with Crippen LogP contribution in [0, 0.1) is 0 Å². The second-order valence-electron chi connectivity index (χ2n) is 3.41. The second-order valence-corrected chi connectivity index (χ2v) is 3.41. The Morgan fingerprint density at radius 3 is 1.78 bits per heavy atom. The first kappa shape index (κ1) is 13.9. The maximum atomic E-state index is 10.5. The van der Waals surface area contributed by atoms with Crippen molar-refractivity contribution in [1.82, 2.24) is 19.9 Å². The van der Waals surface area contributed by atoms with Crippen molar-refractivity contribution in [3.8, 4) is 0 Å². The first-order chi connectivity index (χ1) is 8.61. The summed E-state index contributed by atoms with van der Waals surface area (Å²) < 4.78 is 0. The van der Waals surface area contributed by atoms with Crippen molar-refractivity contribution in [2.75, 3.05) is 0 Å². The van der Waals surface area contributed by atoms with Gasteiger partial charge in [0.2, 0.25) is 0 Å². The van der Waals surface area contributed by atoms with Crippen LogP contribution in [0.5, 0.6) is 0 Å². The fourth-order valence-electron chi connectivity index (χ4n) is 1.01. The van der Waals surface area contributed by atoms with Gasteiger partial charge in [-0.25, -0.2) is 19.9 Å². The third kappa shape index (κ3) is 4.75. The fraction of sp³-hybridized carbons (Fsp3) is 0.250. The number of Topliss-reactive ketones (excluding diaryl/α,β-unsaturated/α-hetero) is 1. The molecule has 0 spiro atoms. The van der Waals surface area contributed by atoms with Crippen molar-refractivity contribution >= 4 is 5.78 Å². The Hall–Kier alpha value is -2.21. The molecule has 0 saturated heterocycles. The molecule has 2 aromatic rings. The van der Waals surface area contributed by atoms with Gasteiger partial charge in [0.15, 0.2) is 17.4 Å². The highest BCUT2D eigenvalue weighted by atomic mass is 16.3. The molecule has 0 amide bonds. The van der Waals surface area contributed by atoms with Crippen LogP contribution >= 0.6 is 0 Å². The van der Waals surface area contributed by atoms with E-state index in [0.29, 0.717) is 5.82 Å². The van der Waals surface area contributed by atoms with Gasteiger partial charge in [0.1, 0.15) is 6.10 Å². The molecule has 2 heterocycles. The Balaban J connectivity index is 0.000000180. The quantitative estimate of drug-likeness (QED) is 0.801. The molecule has 0 fully saturated rings. The molecule has 1 N–H and O–H groups in total. The molecule has 0 radical (unpaired) electrons. The normalized spacial score (nSPS) is 11.1. The molecule has 18 heavy (non-hydrogen) atoms. The van der Waals surface area contributed by atoms with Gasteiger partial charge >= 0.3 is 0 Å². The first-order valence-corrected chi connectivity index (χ1v) is 5.34. The maximum Gasteiger partial charge on any atom is 0.196 e. The van der Waals surface area contributed by atoms with Gasteiger partial charge in [0.05, 0.1) is 0 Å². The number of ketones is 1. The summed E-state index contributed by atoms with van der Waals surface area (Å²) in [5, 5.41) is 8.90. The Kier molecular flexibility index (Phi) is 5.53. The zero-order chi connectivity index (χ0) is 13.4. The third-order valence-electron chi connectivity index (χ3n) is 1.84. The van der Waals surface area contributed by atoms with E-state index in [0.717, 1.165) is 0 Å². The minimum Gasteiger partial charge on any atom is -0.385 e. The zero-order valence-corrected chi connectivity index (χ0v) is 10.2. The summed E-state index contributed by atoms with van der Waals surface area (Å²) in [7, 11) is 0. The molecular formula is C12H14N4O2. The SMILES string of the molecule is CC(=O)c1ncccn1.CC(O)c1ncccn1. The van der Waals surface area contributed by atoms with Gasteiger partial charge in [-0.1, -0.05) is 0 Å². The molecule has 0 bridgehead atoms. The van der Waals surface area contributed by atoms with Crippen LogP contribution in [-0.4, -0.2) is 30.8 Å². The smallest absolute Gasteiger partial charge is 0.196 e. The van der Waals surface area contributed by atoms with Crippen LogP contribution in [0.1, 0.15) is 36.4 Å². The molecule has 2 aromatic heterocycles. The molecular weight excluding hydrogens is 232 g/mol.